The number of carbonyl (C=O) groups is 4. The van der Waals surface area contributed by atoms with Gasteiger partial charge in [0.05, 0.1) is 6.04 Å². The number of amides is 3. The third-order valence-electron chi connectivity index (χ3n) is 5.07. The Balaban J connectivity index is 3.08. The normalized spacial score (nSPS) is 14.8. The molecule has 10 heteroatoms. The molecule has 33 heavy (non-hydrogen) atoms. The minimum absolute atomic E-state index is 0.0388. The van der Waals surface area contributed by atoms with E-state index in [-0.39, 0.29) is 30.4 Å². The SMILES string of the molecule is CC(C)CC(NC(=O)C(Cc1ccccc1)NC(=O)C(N)C(C)C)C(=O)NC(CS)C(=O)O. The van der Waals surface area contributed by atoms with Gasteiger partial charge in [0.15, 0.2) is 0 Å². The molecule has 9 nitrogen and oxygen atoms in total. The van der Waals surface area contributed by atoms with Crippen LogP contribution < -0.4 is 21.7 Å². The van der Waals surface area contributed by atoms with Crippen molar-refractivity contribution in [2.75, 3.05) is 5.75 Å². The molecule has 1 aromatic carbocycles. The Hall–Kier alpha value is -2.59. The third-order valence-corrected chi connectivity index (χ3v) is 5.44. The Labute approximate surface area is 200 Å². The van der Waals surface area contributed by atoms with E-state index in [1.54, 1.807) is 13.8 Å². The van der Waals surface area contributed by atoms with Crippen molar-refractivity contribution in [3.63, 3.8) is 0 Å². The van der Waals surface area contributed by atoms with E-state index in [0.29, 0.717) is 0 Å². The van der Waals surface area contributed by atoms with E-state index in [4.69, 9.17) is 5.73 Å². The van der Waals surface area contributed by atoms with Gasteiger partial charge in [-0.2, -0.15) is 12.6 Å². The summed E-state index contributed by atoms with van der Waals surface area (Å²) in [6.45, 7) is 7.37. The summed E-state index contributed by atoms with van der Waals surface area (Å²) in [6, 6.07) is 5.23. The lowest BCUT2D eigenvalue weighted by Crippen LogP contribution is -2.58. The molecule has 0 spiro atoms. The molecule has 0 bridgehead atoms. The zero-order valence-corrected chi connectivity index (χ0v) is 20.5. The number of carboxylic acid groups (broad SMARTS) is 1. The highest BCUT2D eigenvalue weighted by Crippen LogP contribution is 2.09. The zero-order valence-electron chi connectivity index (χ0n) is 19.6. The van der Waals surface area contributed by atoms with Crippen LogP contribution in [0.3, 0.4) is 0 Å². The van der Waals surface area contributed by atoms with E-state index >= 15 is 0 Å². The summed E-state index contributed by atoms with van der Waals surface area (Å²) in [4.78, 5) is 49.8. The second kappa shape index (κ2) is 13.8. The van der Waals surface area contributed by atoms with Crippen molar-refractivity contribution in [3.8, 4) is 0 Å². The van der Waals surface area contributed by atoms with Crippen molar-refractivity contribution in [1.82, 2.24) is 16.0 Å². The van der Waals surface area contributed by atoms with E-state index in [9.17, 15) is 24.3 Å². The van der Waals surface area contributed by atoms with Crippen LogP contribution in [0.25, 0.3) is 0 Å². The van der Waals surface area contributed by atoms with Gasteiger partial charge in [-0.3, -0.25) is 14.4 Å². The van der Waals surface area contributed by atoms with Crippen molar-refractivity contribution < 1.29 is 24.3 Å². The van der Waals surface area contributed by atoms with E-state index in [1.165, 1.54) is 0 Å². The molecule has 4 atom stereocenters. The van der Waals surface area contributed by atoms with Crippen LogP contribution in [-0.4, -0.2) is 58.7 Å². The van der Waals surface area contributed by atoms with Crippen LogP contribution in [0.2, 0.25) is 0 Å². The van der Waals surface area contributed by atoms with Crippen LogP contribution in [-0.2, 0) is 25.6 Å². The van der Waals surface area contributed by atoms with E-state index < -0.39 is 47.9 Å². The first-order chi connectivity index (χ1) is 15.5. The molecule has 184 valence electrons. The van der Waals surface area contributed by atoms with Crippen LogP contribution >= 0.6 is 12.6 Å². The number of nitrogens with one attached hydrogen (secondary N) is 3. The summed E-state index contributed by atoms with van der Waals surface area (Å²) >= 11 is 3.96. The lowest BCUT2D eigenvalue weighted by molar-refractivity contribution is -0.141. The van der Waals surface area contributed by atoms with Crippen LogP contribution in [0.15, 0.2) is 30.3 Å². The first-order valence-electron chi connectivity index (χ1n) is 11.0. The average molecular weight is 481 g/mol. The molecule has 3 amide bonds. The minimum Gasteiger partial charge on any atom is -0.480 e. The molecule has 6 N–H and O–H groups in total. The Morgan fingerprint density at radius 1 is 0.879 bits per heavy atom. The highest BCUT2D eigenvalue weighted by Gasteiger charge is 2.31. The number of rotatable bonds is 13. The van der Waals surface area contributed by atoms with Gasteiger partial charge >= 0.3 is 5.97 Å². The molecule has 4 unspecified atom stereocenters. The zero-order chi connectivity index (χ0) is 25.1. The van der Waals surface area contributed by atoms with Gasteiger partial charge in [-0.05, 0) is 23.8 Å². The quantitative estimate of drug-likeness (QED) is 0.229. The average Bonchev–Trinajstić information content (AvgIpc) is 2.75. The highest BCUT2D eigenvalue weighted by molar-refractivity contribution is 7.80. The van der Waals surface area contributed by atoms with Crippen molar-refractivity contribution in [2.45, 2.75) is 64.7 Å². The summed E-state index contributed by atoms with van der Waals surface area (Å²) in [6.07, 6.45) is 0.488. The maximum Gasteiger partial charge on any atom is 0.327 e. The summed E-state index contributed by atoms with van der Waals surface area (Å²) in [7, 11) is 0. The lowest BCUT2D eigenvalue weighted by Gasteiger charge is -2.26. The highest BCUT2D eigenvalue weighted by atomic mass is 32.1. The molecule has 0 saturated heterocycles. The third kappa shape index (κ3) is 9.83. The van der Waals surface area contributed by atoms with E-state index in [0.717, 1.165) is 5.56 Å². The molecule has 1 rings (SSSR count). The van der Waals surface area contributed by atoms with E-state index in [1.807, 2.05) is 44.2 Å². The summed E-state index contributed by atoms with van der Waals surface area (Å²) in [5, 5.41) is 17.0. The summed E-state index contributed by atoms with van der Waals surface area (Å²) in [5.74, 6) is -3.04. The Bertz CT molecular complexity index is 803. The number of carboxylic acids is 1. The van der Waals surface area contributed by atoms with Gasteiger partial charge in [-0.15, -0.1) is 0 Å². The topological polar surface area (TPSA) is 151 Å². The van der Waals surface area contributed by atoms with Gasteiger partial charge in [0.1, 0.15) is 18.1 Å². The van der Waals surface area contributed by atoms with Crippen molar-refractivity contribution in [1.29, 1.82) is 0 Å². The van der Waals surface area contributed by atoms with Crippen LogP contribution in [0.4, 0.5) is 0 Å². The second-order valence-corrected chi connectivity index (χ2v) is 9.16. The fourth-order valence-electron chi connectivity index (χ4n) is 3.06. The monoisotopic (exact) mass is 480 g/mol. The number of carbonyl (C=O) groups excluding carboxylic acids is 3. The summed E-state index contributed by atoms with van der Waals surface area (Å²) < 4.78 is 0. The number of nitrogens with two attached hydrogens (primary N) is 1. The molecule has 1 aromatic rings. The maximum atomic E-state index is 13.2. The largest absolute Gasteiger partial charge is 0.480 e. The van der Waals surface area contributed by atoms with Gasteiger partial charge in [0, 0.05) is 12.2 Å². The van der Waals surface area contributed by atoms with Gasteiger partial charge in [0.25, 0.3) is 0 Å². The van der Waals surface area contributed by atoms with Gasteiger partial charge in [-0.1, -0.05) is 58.0 Å². The first-order valence-corrected chi connectivity index (χ1v) is 11.6. The fraction of sp³-hybridized carbons (Fsp3) is 0.565. The molecular formula is C23H36N4O5S. The number of aliphatic carboxylic acids is 1. The Kier molecular flexibility index (Phi) is 11.9. The van der Waals surface area contributed by atoms with E-state index in [2.05, 4.69) is 28.6 Å². The van der Waals surface area contributed by atoms with Gasteiger partial charge < -0.3 is 26.8 Å². The smallest absolute Gasteiger partial charge is 0.327 e. The number of hydrogen-bond acceptors (Lipinski definition) is 6. The number of benzene rings is 1. The number of thiol groups is 1. The van der Waals surface area contributed by atoms with Gasteiger partial charge in [0.2, 0.25) is 17.7 Å². The van der Waals surface area contributed by atoms with Crippen LogP contribution in [0.1, 0.15) is 39.7 Å². The molecule has 0 radical (unpaired) electrons. The van der Waals surface area contributed by atoms with Crippen LogP contribution in [0.5, 0.6) is 0 Å². The molecule has 0 fully saturated rings. The molecule has 0 aliphatic carbocycles. The second-order valence-electron chi connectivity index (χ2n) is 8.79. The molecule has 0 saturated carbocycles. The molecule has 0 aromatic heterocycles. The minimum atomic E-state index is -1.22. The van der Waals surface area contributed by atoms with Crippen molar-refractivity contribution in [3.05, 3.63) is 35.9 Å². The fourth-order valence-corrected chi connectivity index (χ4v) is 3.31. The standard InChI is InChI=1S/C23H36N4O5S/c1-13(2)10-16(20(28)27-18(12-33)23(31)32)25-21(29)17(11-15-8-6-5-7-9-15)26-22(30)19(24)14(3)4/h5-9,13-14,16-19,33H,10-12,24H2,1-4H3,(H,25,29)(H,26,30)(H,27,28)(H,31,32). The Morgan fingerprint density at radius 3 is 1.88 bits per heavy atom. The van der Waals surface area contributed by atoms with Crippen LogP contribution in [0, 0.1) is 11.8 Å². The molecule has 0 aliphatic heterocycles. The summed E-state index contributed by atoms with van der Waals surface area (Å²) in [5.41, 5.74) is 6.77. The predicted molar refractivity (Wildman–Crippen MR) is 130 cm³/mol. The van der Waals surface area contributed by atoms with Crippen molar-refractivity contribution in [2.24, 2.45) is 17.6 Å². The first kappa shape index (κ1) is 28.4. The van der Waals surface area contributed by atoms with Gasteiger partial charge in [-0.25, -0.2) is 4.79 Å². The van der Waals surface area contributed by atoms with Crippen molar-refractivity contribution >= 4 is 36.3 Å². The number of hydrogen-bond donors (Lipinski definition) is 6. The molecule has 0 aliphatic rings. The molecular weight excluding hydrogens is 444 g/mol. The predicted octanol–water partition coefficient (Wildman–Crippen LogP) is 0.727. The molecule has 0 heterocycles. The maximum absolute atomic E-state index is 13.2. The lowest BCUT2D eigenvalue weighted by atomic mass is 10.00. The Morgan fingerprint density at radius 2 is 1.39 bits per heavy atom.